The summed E-state index contributed by atoms with van der Waals surface area (Å²) in [6, 6.07) is 24.8. The number of fused-ring (bicyclic) bond motifs is 3. The van der Waals surface area contributed by atoms with Crippen LogP contribution in [0.25, 0.3) is 11.1 Å². The lowest BCUT2D eigenvalue weighted by Gasteiger charge is -2.31. The molecule has 1 heteroatoms. The zero-order valence-electron chi connectivity index (χ0n) is 18.6. The Kier molecular flexibility index (Phi) is 4.81. The number of hydrogen-bond donors (Lipinski definition) is 1. The fraction of sp³-hybridized carbons (Fsp3) is 0.357. The molecule has 29 heavy (non-hydrogen) atoms. The lowest BCUT2D eigenvalue weighted by molar-refractivity contribution is 0.583. The van der Waals surface area contributed by atoms with Crippen LogP contribution in [-0.2, 0) is 17.4 Å². The quantitative estimate of drug-likeness (QED) is 0.489. The fourth-order valence-electron chi connectivity index (χ4n) is 4.52. The minimum Gasteiger partial charge on any atom is -0.376 e. The van der Waals surface area contributed by atoms with Crippen molar-refractivity contribution < 1.29 is 0 Å². The predicted octanol–water partition coefficient (Wildman–Crippen LogP) is 7.66. The Morgan fingerprint density at radius 1 is 0.759 bits per heavy atom. The second kappa shape index (κ2) is 7.06. The minimum atomic E-state index is -0.148. The summed E-state index contributed by atoms with van der Waals surface area (Å²) in [5.74, 6) is 0.562. The molecular weight excluding hydrogens is 350 g/mol. The van der Waals surface area contributed by atoms with Crippen molar-refractivity contribution in [3.8, 4) is 11.1 Å². The molecule has 1 unspecified atom stereocenters. The van der Waals surface area contributed by atoms with Crippen molar-refractivity contribution in [1.82, 2.24) is 0 Å². The van der Waals surface area contributed by atoms with E-state index in [1.165, 1.54) is 39.1 Å². The van der Waals surface area contributed by atoms with Crippen LogP contribution in [0.15, 0.2) is 66.7 Å². The highest BCUT2D eigenvalue weighted by molar-refractivity contribution is 5.77. The number of nitrogens with one attached hydrogen (secondary N) is 1. The van der Waals surface area contributed by atoms with E-state index in [4.69, 9.17) is 0 Å². The van der Waals surface area contributed by atoms with E-state index in [9.17, 15) is 0 Å². The van der Waals surface area contributed by atoms with Crippen LogP contribution in [0.3, 0.4) is 0 Å². The fourth-order valence-corrected chi connectivity index (χ4v) is 4.52. The SMILES string of the molecule is CC1Cc2ccccc2-c2cc(NC(C)(C)c3ccc(C(C)(C)C)cc3)ccc21. The molecule has 0 amide bonds. The number of rotatable bonds is 3. The molecule has 0 spiro atoms. The molecule has 3 aromatic rings. The molecule has 0 aromatic heterocycles. The van der Waals surface area contributed by atoms with E-state index >= 15 is 0 Å². The zero-order chi connectivity index (χ0) is 20.8. The van der Waals surface area contributed by atoms with Gasteiger partial charge in [-0.2, -0.15) is 0 Å². The second-order valence-electron chi connectivity index (χ2n) is 10.1. The third kappa shape index (κ3) is 3.83. The molecule has 1 aliphatic rings. The molecule has 0 saturated carbocycles. The average Bonchev–Trinajstić information content (AvgIpc) is 2.67. The summed E-state index contributed by atoms with van der Waals surface area (Å²) in [5.41, 5.74) is 9.57. The molecule has 0 radical (unpaired) electrons. The van der Waals surface area contributed by atoms with Gasteiger partial charge in [0.1, 0.15) is 0 Å². The van der Waals surface area contributed by atoms with E-state index in [1.807, 2.05) is 0 Å². The monoisotopic (exact) mass is 383 g/mol. The van der Waals surface area contributed by atoms with Gasteiger partial charge >= 0.3 is 0 Å². The first-order chi connectivity index (χ1) is 13.6. The number of benzene rings is 3. The van der Waals surface area contributed by atoms with Crippen molar-refractivity contribution in [3.63, 3.8) is 0 Å². The maximum atomic E-state index is 3.79. The summed E-state index contributed by atoms with van der Waals surface area (Å²) in [5, 5.41) is 3.79. The van der Waals surface area contributed by atoms with Gasteiger partial charge in [0.15, 0.2) is 0 Å². The Morgan fingerprint density at radius 2 is 1.41 bits per heavy atom. The van der Waals surface area contributed by atoms with Gasteiger partial charge in [0, 0.05) is 5.69 Å². The van der Waals surface area contributed by atoms with Crippen molar-refractivity contribution in [3.05, 3.63) is 89.0 Å². The molecule has 1 N–H and O–H groups in total. The Morgan fingerprint density at radius 3 is 2.10 bits per heavy atom. The van der Waals surface area contributed by atoms with Crippen LogP contribution in [-0.4, -0.2) is 0 Å². The number of hydrogen-bond acceptors (Lipinski definition) is 1. The van der Waals surface area contributed by atoms with Crippen molar-refractivity contribution in [1.29, 1.82) is 0 Å². The summed E-state index contributed by atoms with van der Waals surface area (Å²) >= 11 is 0. The van der Waals surface area contributed by atoms with Gasteiger partial charge in [-0.15, -0.1) is 0 Å². The van der Waals surface area contributed by atoms with Crippen LogP contribution in [0, 0.1) is 0 Å². The minimum absolute atomic E-state index is 0.148. The summed E-state index contributed by atoms with van der Waals surface area (Å²) in [4.78, 5) is 0. The lowest BCUT2D eigenvalue weighted by atomic mass is 9.79. The van der Waals surface area contributed by atoms with Crippen LogP contribution >= 0.6 is 0 Å². The van der Waals surface area contributed by atoms with E-state index in [0.717, 1.165) is 6.42 Å². The molecule has 3 aromatic carbocycles. The largest absolute Gasteiger partial charge is 0.376 e. The molecular formula is C28H33N. The van der Waals surface area contributed by atoms with Gasteiger partial charge in [0.25, 0.3) is 0 Å². The van der Waals surface area contributed by atoms with Gasteiger partial charge in [-0.1, -0.05) is 82.3 Å². The predicted molar refractivity (Wildman–Crippen MR) is 126 cm³/mol. The van der Waals surface area contributed by atoms with Gasteiger partial charge in [-0.05, 0) is 77.1 Å². The first-order valence-electron chi connectivity index (χ1n) is 10.8. The summed E-state index contributed by atoms with van der Waals surface area (Å²) < 4.78 is 0. The van der Waals surface area contributed by atoms with Crippen molar-refractivity contribution in [2.24, 2.45) is 0 Å². The van der Waals surface area contributed by atoms with Crippen LogP contribution in [0.5, 0.6) is 0 Å². The number of anilines is 1. The van der Waals surface area contributed by atoms with Crippen LogP contribution in [0.2, 0.25) is 0 Å². The van der Waals surface area contributed by atoms with E-state index < -0.39 is 0 Å². The Hall–Kier alpha value is -2.54. The summed E-state index contributed by atoms with van der Waals surface area (Å²) in [7, 11) is 0. The molecule has 0 bridgehead atoms. The highest BCUT2D eigenvalue weighted by Gasteiger charge is 2.24. The molecule has 4 rings (SSSR count). The van der Waals surface area contributed by atoms with Gasteiger partial charge in [-0.3, -0.25) is 0 Å². The van der Waals surface area contributed by atoms with Crippen LogP contribution in [0.1, 0.15) is 69.7 Å². The lowest BCUT2D eigenvalue weighted by Crippen LogP contribution is -2.28. The van der Waals surface area contributed by atoms with E-state index in [2.05, 4.69) is 114 Å². The molecule has 0 aliphatic heterocycles. The average molecular weight is 384 g/mol. The first-order valence-corrected chi connectivity index (χ1v) is 10.8. The topological polar surface area (TPSA) is 12.0 Å². The normalized spacial score (nSPS) is 16.1. The zero-order valence-corrected chi connectivity index (χ0v) is 18.6. The molecule has 150 valence electrons. The van der Waals surface area contributed by atoms with Gasteiger partial charge in [-0.25, -0.2) is 0 Å². The summed E-state index contributed by atoms with van der Waals surface area (Å²) in [6.45, 7) is 13.6. The maximum absolute atomic E-state index is 3.79. The smallest absolute Gasteiger partial charge is 0.0569 e. The Balaban J connectivity index is 1.65. The third-order valence-electron chi connectivity index (χ3n) is 6.35. The first kappa shape index (κ1) is 19.8. The molecule has 1 nitrogen and oxygen atoms in total. The Bertz CT molecular complexity index is 1020. The second-order valence-corrected chi connectivity index (χ2v) is 10.1. The van der Waals surface area contributed by atoms with Gasteiger partial charge < -0.3 is 5.32 Å². The van der Waals surface area contributed by atoms with Crippen molar-refractivity contribution >= 4 is 5.69 Å². The van der Waals surface area contributed by atoms with Gasteiger partial charge in [0.2, 0.25) is 0 Å². The van der Waals surface area contributed by atoms with E-state index in [0.29, 0.717) is 5.92 Å². The van der Waals surface area contributed by atoms with Crippen molar-refractivity contribution in [2.75, 3.05) is 5.32 Å². The Labute approximate surface area is 176 Å². The van der Waals surface area contributed by atoms with Crippen LogP contribution < -0.4 is 5.32 Å². The third-order valence-corrected chi connectivity index (χ3v) is 6.35. The standard InChI is InChI=1S/C28H33N/c1-19-17-20-9-7-8-10-25(20)26-18-23(15-16-24(19)26)29-28(5,6)22-13-11-21(12-14-22)27(2,3)4/h7-16,18-19,29H,17H2,1-6H3. The van der Waals surface area contributed by atoms with E-state index in [-0.39, 0.29) is 11.0 Å². The van der Waals surface area contributed by atoms with Gasteiger partial charge in [0.05, 0.1) is 5.54 Å². The van der Waals surface area contributed by atoms with E-state index in [1.54, 1.807) is 0 Å². The molecule has 0 fully saturated rings. The maximum Gasteiger partial charge on any atom is 0.0569 e. The molecule has 0 heterocycles. The van der Waals surface area contributed by atoms with Crippen LogP contribution in [0.4, 0.5) is 5.69 Å². The highest BCUT2D eigenvalue weighted by atomic mass is 15.0. The highest BCUT2D eigenvalue weighted by Crippen LogP contribution is 2.41. The molecule has 1 aliphatic carbocycles. The molecule has 1 atom stereocenters. The van der Waals surface area contributed by atoms with Crippen molar-refractivity contribution in [2.45, 2.75) is 64.8 Å². The molecule has 0 saturated heterocycles. The summed E-state index contributed by atoms with van der Waals surface area (Å²) in [6.07, 6.45) is 1.13.